The quantitative estimate of drug-likeness (QED) is 0.834. The number of imidazole rings is 1. The molecule has 6 heteroatoms. The van der Waals surface area contributed by atoms with Crippen molar-refractivity contribution in [3.8, 4) is 5.75 Å². The molecule has 2 aliphatic heterocycles. The summed E-state index contributed by atoms with van der Waals surface area (Å²) in [6.07, 6.45) is 9.82. The number of hydrogen-bond donors (Lipinski definition) is 0. The Kier molecular flexibility index (Phi) is 4.48. The van der Waals surface area contributed by atoms with E-state index in [1.807, 2.05) is 24.7 Å². The molecule has 0 unspecified atom stereocenters. The van der Waals surface area contributed by atoms with Gasteiger partial charge in [0, 0.05) is 45.0 Å². The van der Waals surface area contributed by atoms with E-state index in [0.717, 1.165) is 38.2 Å². The van der Waals surface area contributed by atoms with Crippen molar-refractivity contribution in [1.82, 2.24) is 19.4 Å². The van der Waals surface area contributed by atoms with E-state index in [2.05, 4.69) is 33.4 Å². The van der Waals surface area contributed by atoms with Crippen molar-refractivity contribution < 1.29 is 9.47 Å². The Hall–Kier alpha value is -1.92. The van der Waals surface area contributed by atoms with Gasteiger partial charge in [-0.2, -0.15) is 0 Å². The number of aromatic nitrogens is 3. The van der Waals surface area contributed by atoms with E-state index in [-0.39, 0.29) is 5.60 Å². The number of hydrogen-bond acceptors (Lipinski definition) is 5. The molecule has 0 N–H and O–H groups in total. The molecule has 0 aliphatic carbocycles. The van der Waals surface area contributed by atoms with Crippen LogP contribution in [0.1, 0.15) is 25.5 Å². The molecule has 3 atom stereocenters. The lowest BCUT2D eigenvalue weighted by Gasteiger charge is -2.33. The third-order valence-electron chi connectivity index (χ3n) is 5.36. The minimum absolute atomic E-state index is 0.215. The summed E-state index contributed by atoms with van der Waals surface area (Å²) in [6, 6.07) is 3.83. The van der Waals surface area contributed by atoms with Crippen molar-refractivity contribution in [3.63, 3.8) is 0 Å². The minimum atomic E-state index is -0.215. The van der Waals surface area contributed by atoms with Crippen LogP contribution in [0.15, 0.2) is 37.1 Å². The average Bonchev–Trinajstić information content (AvgIpc) is 3.17. The second-order valence-electron chi connectivity index (χ2n) is 7.57. The average molecular weight is 342 g/mol. The molecule has 0 aromatic carbocycles. The van der Waals surface area contributed by atoms with Crippen molar-refractivity contribution >= 4 is 0 Å². The number of piperidine rings is 1. The number of pyridine rings is 1. The predicted molar refractivity (Wildman–Crippen MR) is 94.2 cm³/mol. The van der Waals surface area contributed by atoms with Crippen LogP contribution < -0.4 is 4.74 Å². The first-order valence-corrected chi connectivity index (χ1v) is 8.99. The Morgan fingerprint density at radius 2 is 2.28 bits per heavy atom. The van der Waals surface area contributed by atoms with E-state index in [9.17, 15) is 0 Å². The van der Waals surface area contributed by atoms with Gasteiger partial charge in [-0.25, -0.2) is 4.98 Å². The third-order valence-corrected chi connectivity index (χ3v) is 5.36. The Morgan fingerprint density at radius 1 is 1.36 bits per heavy atom. The summed E-state index contributed by atoms with van der Waals surface area (Å²) < 4.78 is 14.4. The van der Waals surface area contributed by atoms with Gasteiger partial charge in [-0.15, -0.1) is 0 Å². The maximum absolute atomic E-state index is 6.39. The van der Waals surface area contributed by atoms with Crippen LogP contribution in [0.4, 0.5) is 0 Å². The number of rotatable bonds is 5. The SMILES string of the molecule is Cn1cncc1CN1CC[C@@H]2O[C@@](C)(COc3cccnc3)C[C@@H]2C1. The van der Waals surface area contributed by atoms with Crippen LogP contribution in [-0.4, -0.2) is 50.8 Å². The summed E-state index contributed by atoms with van der Waals surface area (Å²) in [4.78, 5) is 10.8. The Balaban J connectivity index is 1.34. The highest BCUT2D eigenvalue weighted by Gasteiger charge is 2.46. The van der Waals surface area contributed by atoms with Crippen LogP contribution in [0.5, 0.6) is 5.75 Å². The van der Waals surface area contributed by atoms with Crippen LogP contribution in [0, 0.1) is 5.92 Å². The molecule has 25 heavy (non-hydrogen) atoms. The zero-order valence-electron chi connectivity index (χ0n) is 15.0. The highest BCUT2D eigenvalue weighted by molar-refractivity contribution is 5.15. The first-order chi connectivity index (χ1) is 12.1. The van der Waals surface area contributed by atoms with Gasteiger partial charge in [-0.3, -0.25) is 9.88 Å². The van der Waals surface area contributed by atoms with Crippen molar-refractivity contribution in [2.75, 3.05) is 19.7 Å². The smallest absolute Gasteiger partial charge is 0.137 e. The lowest BCUT2D eigenvalue weighted by molar-refractivity contribution is -0.0699. The summed E-state index contributed by atoms with van der Waals surface area (Å²) in [5.74, 6) is 1.38. The van der Waals surface area contributed by atoms with Gasteiger partial charge in [0.25, 0.3) is 0 Å². The van der Waals surface area contributed by atoms with Crippen molar-refractivity contribution in [2.45, 2.75) is 38.0 Å². The van der Waals surface area contributed by atoms with Gasteiger partial charge in [0.05, 0.1) is 24.3 Å². The maximum Gasteiger partial charge on any atom is 0.137 e. The summed E-state index contributed by atoms with van der Waals surface area (Å²) in [5.41, 5.74) is 1.05. The molecule has 4 rings (SSSR count). The molecule has 0 spiro atoms. The van der Waals surface area contributed by atoms with E-state index in [1.165, 1.54) is 5.69 Å². The maximum atomic E-state index is 6.39. The van der Waals surface area contributed by atoms with Gasteiger partial charge in [-0.05, 0) is 31.9 Å². The zero-order chi connectivity index (χ0) is 17.3. The zero-order valence-corrected chi connectivity index (χ0v) is 15.0. The van der Waals surface area contributed by atoms with Crippen LogP contribution in [0.3, 0.4) is 0 Å². The number of aryl methyl sites for hydroxylation is 1. The molecule has 0 radical (unpaired) electrons. The molecule has 134 valence electrons. The minimum Gasteiger partial charge on any atom is -0.489 e. The molecule has 2 saturated heterocycles. The highest BCUT2D eigenvalue weighted by Crippen LogP contribution is 2.39. The molecule has 2 fully saturated rings. The van der Waals surface area contributed by atoms with Gasteiger partial charge in [0.15, 0.2) is 0 Å². The fourth-order valence-corrected chi connectivity index (χ4v) is 4.08. The summed E-state index contributed by atoms with van der Waals surface area (Å²) >= 11 is 0. The summed E-state index contributed by atoms with van der Waals surface area (Å²) in [6.45, 7) is 5.87. The van der Waals surface area contributed by atoms with Gasteiger partial charge in [0.2, 0.25) is 0 Å². The molecule has 2 aliphatic rings. The Morgan fingerprint density at radius 3 is 3.04 bits per heavy atom. The standard InChI is InChI=1S/C19H26N4O2/c1-19(13-24-17-4-3-6-20-10-17)8-15-11-23(7-5-18(15)25-19)12-16-9-21-14-22(16)2/h3-4,6,9-10,14-15,18H,5,7-8,11-13H2,1-2H3/t15-,18+,19-/m1/s1. The Bertz CT molecular complexity index is 704. The number of fused-ring (bicyclic) bond motifs is 1. The molecular formula is C19H26N4O2. The van der Waals surface area contributed by atoms with Gasteiger partial charge in [0.1, 0.15) is 18.0 Å². The van der Waals surface area contributed by atoms with E-state index in [1.54, 1.807) is 12.4 Å². The molecule has 6 nitrogen and oxygen atoms in total. The van der Waals surface area contributed by atoms with Crippen LogP contribution in [-0.2, 0) is 18.3 Å². The first-order valence-electron chi connectivity index (χ1n) is 8.99. The van der Waals surface area contributed by atoms with Crippen LogP contribution >= 0.6 is 0 Å². The monoisotopic (exact) mass is 342 g/mol. The summed E-state index contributed by atoms with van der Waals surface area (Å²) in [7, 11) is 2.06. The number of likely N-dealkylation sites (tertiary alicyclic amines) is 1. The lowest BCUT2D eigenvalue weighted by Crippen LogP contribution is -2.41. The molecular weight excluding hydrogens is 316 g/mol. The van der Waals surface area contributed by atoms with Gasteiger partial charge in [-0.1, -0.05) is 0 Å². The van der Waals surface area contributed by atoms with E-state index in [4.69, 9.17) is 9.47 Å². The fraction of sp³-hybridized carbons (Fsp3) is 0.579. The molecule has 2 aromatic rings. The van der Waals surface area contributed by atoms with E-state index >= 15 is 0 Å². The third kappa shape index (κ3) is 3.70. The molecule has 2 aromatic heterocycles. The Labute approximate surface area is 148 Å². The van der Waals surface area contributed by atoms with Gasteiger partial charge < -0.3 is 14.0 Å². The number of ether oxygens (including phenoxy) is 2. The van der Waals surface area contributed by atoms with E-state index < -0.39 is 0 Å². The fourth-order valence-electron chi connectivity index (χ4n) is 4.08. The molecule has 0 saturated carbocycles. The van der Waals surface area contributed by atoms with Crippen LogP contribution in [0.25, 0.3) is 0 Å². The van der Waals surface area contributed by atoms with Crippen molar-refractivity contribution in [2.24, 2.45) is 13.0 Å². The molecule has 0 amide bonds. The topological polar surface area (TPSA) is 52.4 Å². The normalized spacial score (nSPS) is 29.5. The van der Waals surface area contributed by atoms with Crippen molar-refractivity contribution in [1.29, 1.82) is 0 Å². The number of nitrogens with zero attached hydrogens (tertiary/aromatic N) is 4. The van der Waals surface area contributed by atoms with Gasteiger partial charge >= 0.3 is 0 Å². The predicted octanol–water partition coefficient (Wildman–Crippen LogP) is 2.26. The lowest BCUT2D eigenvalue weighted by atomic mass is 9.89. The molecule has 0 bridgehead atoms. The highest BCUT2D eigenvalue weighted by atomic mass is 16.6. The second kappa shape index (κ2) is 6.77. The van der Waals surface area contributed by atoms with Crippen molar-refractivity contribution in [3.05, 3.63) is 42.7 Å². The second-order valence-corrected chi connectivity index (χ2v) is 7.57. The molecule has 4 heterocycles. The van der Waals surface area contributed by atoms with E-state index in [0.29, 0.717) is 18.6 Å². The largest absolute Gasteiger partial charge is 0.489 e. The summed E-state index contributed by atoms with van der Waals surface area (Å²) in [5, 5.41) is 0. The van der Waals surface area contributed by atoms with Crippen LogP contribution in [0.2, 0.25) is 0 Å². The first kappa shape index (κ1) is 16.5.